The number of aliphatic hydroxyl groups is 1. The Morgan fingerprint density at radius 2 is 1.79 bits per heavy atom. The second-order valence-electron chi connectivity index (χ2n) is 5.20. The molecule has 0 bridgehead atoms. The van der Waals surface area contributed by atoms with Gasteiger partial charge in [-0.3, -0.25) is 0 Å². The summed E-state index contributed by atoms with van der Waals surface area (Å²) in [5, 5.41) is 13.7. The fourth-order valence-corrected chi connectivity index (χ4v) is 2.72. The van der Waals surface area contributed by atoms with E-state index < -0.39 is 0 Å². The molecular weight excluding hydrogens is 234 g/mol. The van der Waals surface area contributed by atoms with Crippen molar-refractivity contribution in [2.45, 2.75) is 31.4 Å². The van der Waals surface area contributed by atoms with Crippen molar-refractivity contribution >= 4 is 5.69 Å². The summed E-state index contributed by atoms with van der Waals surface area (Å²) in [6, 6.07) is 18.8. The zero-order valence-corrected chi connectivity index (χ0v) is 10.9. The highest BCUT2D eigenvalue weighted by Crippen LogP contribution is 2.27. The molecule has 2 aromatic rings. The lowest BCUT2D eigenvalue weighted by atomic mass is 9.99. The predicted molar refractivity (Wildman–Crippen MR) is 78.3 cm³/mol. The molecule has 2 aromatic carbocycles. The number of para-hydroxylation sites is 1. The number of hydrogen-bond acceptors (Lipinski definition) is 2. The van der Waals surface area contributed by atoms with E-state index in [0.717, 1.165) is 19.3 Å². The molecule has 0 saturated carbocycles. The van der Waals surface area contributed by atoms with Gasteiger partial charge in [0.05, 0.1) is 12.1 Å². The third-order valence-corrected chi connectivity index (χ3v) is 3.83. The molecule has 0 saturated heterocycles. The van der Waals surface area contributed by atoms with Gasteiger partial charge in [0, 0.05) is 5.69 Å². The van der Waals surface area contributed by atoms with Gasteiger partial charge in [0.15, 0.2) is 0 Å². The molecule has 2 nitrogen and oxygen atoms in total. The highest BCUT2D eigenvalue weighted by atomic mass is 16.3. The van der Waals surface area contributed by atoms with Gasteiger partial charge in [-0.15, -0.1) is 0 Å². The maximum absolute atomic E-state index is 10.3. The second-order valence-corrected chi connectivity index (χ2v) is 5.20. The standard InChI is InChI=1S/C17H19NO/c19-17(11-10-13-6-2-1-3-7-13)16-12-14-8-4-5-9-15(14)18-16/h1-9,16-19H,10-12H2. The summed E-state index contributed by atoms with van der Waals surface area (Å²) >= 11 is 0. The SMILES string of the molecule is OC(CCc1ccccc1)C1Cc2ccccc2N1. The Labute approximate surface area is 114 Å². The molecule has 0 fully saturated rings. The van der Waals surface area contributed by atoms with Crippen LogP contribution in [0.1, 0.15) is 17.5 Å². The van der Waals surface area contributed by atoms with Crippen LogP contribution in [-0.4, -0.2) is 17.3 Å². The molecule has 1 aliphatic rings. The Hall–Kier alpha value is -1.80. The summed E-state index contributed by atoms with van der Waals surface area (Å²) in [7, 11) is 0. The zero-order valence-electron chi connectivity index (χ0n) is 10.9. The fraction of sp³-hybridized carbons (Fsp3) is 0.294. The minimum absolute atomic E-state index is 0.154. The summed E-state index contributed by atoms with van der Waals surface area (Å²) in [6.45, 7) is 0. The van der Waals surface area contributed by atoms with Crippen molar-refractivity contribution in [3.63, 3.8) is 0 Å². The van der Waals surface area contributed by atoms with Crippen molar-refractivity contribution in [3.8, 4) is 0 Å². The van der Waals surface area contributed by atoms with Gasteiger partial charge in [-0.05, 0) is 36.5 Å². The van der Waals surface area contributed by atoms with Gasteiger partial charge >= 0.3 is 0 Å². The van der Waals surface area contributed by atoms with E-state index in [1.165, 1.54) is 16.8 Å². The quantitative estimate of drug-likeness (QED) is 0.878. The zero-order chi connectivity index (χ0) is 13.1. The van der Waals surface area contributed by atoms with Crippen LogP contribution in [-0.2, 0) is 12.8 Å². The number of aryl methyl sites for hydroxylation is 1. The average molecular weight is 253 g/mol. The van der Waals surface area contributed by atoms with Crippen LogP contribution in [0, 0.1) is 0 Å². The van der Waals surface area contributed by atoms with E-state index in [1.54, 1.807) is 0 Å². The lowest BCUT2D eigenvalue weighted by Gasteiger charge is -2.18. The number of anilines is 1. The average Bonchev–Trinajstić information content (AvgIpc) is 2.90. The molecule has 3 rings (SSSR count). The van der Waals surface area contributed by atoms with Gasteiger partial charge in [-0.25, -0.2) is 0 Å². The molecule has 0 aromatic heterocycles. The Morgan fingerprint density at radius 3 is 2.58 bits per heavy atom. The van der Waals surface area contributed by atoms with E-state index >= 15 is 0 Å². The van der Waals surface area contributed by atoms with Crippen LogP contribution in [0.3, 0.4) is 0 Å². The monoisotopic (exact) mass is 253 g/mol. The predicted octanol–water partition coefficient (Wildman–Crippen LogP) is 3.02. The molecule has 98 valence electrons. The maximum atomic E-state index is 10.3. The fourth-order valence-electron chi connectivity index (χ4n) is 2.72. The van der Waals surface area contributed by atoms with E-state index in [4.69, 9.17) is 0 Å². The topological polar surface area (TPSA) is 32.3 Å². The Kier molecular flexibility index (Phi) is 3.51. The molecule has 2 unspecified atom stereocenters. The highest BCUT2D eigenvalue weighted by molar-refractivity contribution is 5.56. The van der Waals surface area contributed by atoms with Crippen LogP contribution >= 0.6 is 0 Å². The first-order valence-electron chi connectivity index (χ1n) is 6.89. The van der Waals surface area contributed by atoms with Crippen molar-refractivity contribution in [1.29, 1.82) is 0 Å². The van der Waals surface area contributed by atoms with Crippen molar-refractivity contribution in [2.24, 2.45) is 0 Å². The van der Waals surface area contributed by atoms with Gasteiger partial charge < -0.3 is 10.4 Å². The molecule has 19 heavy (non-hydrogen) atoms. The van der Waals surface area contributed by atoms with Gasteiger partial charge in [0.2, 0.25) is 0 Å². The number of hydrogen-bond donors (Lipinski definition) is 2. The number of benzene rings is 2. The molecule has 0 radical (unpaired) electrons. The van der Waals surface area contributed by atoms with Gasteiger partial charge in [0.25, 0.3) is 0 Å². The molecule has 1 aliphatic heterocycles. The summed E-state index contributed by atoms with van der Waals surface area (Å²) < 4.78 is 0. The van der Waals surface area contributed by atoms with E-state index in [2.05, 4.69) is 35.6 Å². The molecule has 0 aliphatic carbocycles. The Bertz CT molecular complexity index is 513. The maximum Gasteiger partial charge on any atom is 0.0747 e. The van der Waals surface area contributed by atoms with Crippen molar-refractivity contribution in [2.75, 3.05) is 5.32 Å². The first kappa shape index (κ1) is 12.2. The van der Waals surface area contributed by atoms with Crippen LogP contribution < -0.4 is 5.32 Å². The minimum Gasteiger partial charge on any atom is -0.391 e. The van der Waals surface area contributed by atoms with E-state index in [0.29, 0.717) is 0 Å². The molecule has 0 spiro atoms. The molecule has 0 amide bonds. The lowest BCUT2D eigenvalue weighted by Crippen LogP contribution is -2.32. The number of rotatable bonds is 4. The molecule has 2 heteroatoms. The summed E-state index contributed by atoms with van der Waals surface area (Å²) in [5.41, 5.74) is 3.77. The summed E-state index contributed by atoms with van der Waals surface area (Å²) in [4.78, 5) is 0. The number of nitrogens with one attached hydrogen (secondary N) is 1. The molecule has 1 heterocycles. The van der Waals surface area contributed by atoms with Crippen molar-refractivity contribution in [3.05, 3.63) is 65.7 Å². The van der Waals surface area contributed by atoms with Crippen LogP contribution in [0.25, 0.3) is 0 Å². The Morgan fingerprint density at radius 1 is 1.05 bits per heavy atom. The van der Waals surface area contributed by atoms with Crippen LogP contribution in [0.2, 0.25) is 0 Å². The lowest BCUT2D eigenvalue weighted by molar-refractivity contribution is 0.145. The molecular formula is C17H19NO. The van der Waals surface area contributed by atoms with Crippen molar-refractivity contribution < 1.29 is 5.11 Å². The molecule has 2 N–H and O–H groups in total. The molecule has 2 atom stereocenters. The highest BCUT2D eigenvalue weighted by Gasteiger charge is 2.26. The van der Waals surface area contributed by atoms with Gasteiger partial charge in [-0.2, -0.15) is 0 Å². The summed E-state index contributed by atoms with van der Waals surface area (Å²) in [5.74, 6) is 0. The number of aliphatic hydroxyl groups excluding tert-OH is 1. The second kappa shape index (κ2) is 5.45. The first-order valence-corrected chi connectivity index (χ1v) is 6.89. The smallest absolute Gasteiger partial charge is 0.0747 e. The summed E-state index contributed by atoms with van der Waals surface area (Å²) in [6.07, 6.45) is 2.35. The third kappa shape index (κ3) is 2.79. The van der Waals surface area contributed by atoms with E-state index in [-0.39, 0.29) is 12.1 Å². The van der Waals surface area contributed by atoms with Crippen LogP contribution in [0.5, 0.6) is 0 Å². The van der Waals surface area contributed by atoms with Crippen LogP contribution in [0.4, 0.5) is 5.69 Å². The normalized spacial score (nSPS) is 18.7. The number of fused-ring (bicyclic) bond motifs is 1. The van der Waals surface area contributed by atoms with E-state index in [9.17, 15) is 5.11 Å². The van der Waals surface area contributed by atoms with Gasteiger partial charge in [-0.1, -0.05) is 48.5 Å². The minimum atomic E-state index is -0.299. The van der Waals surface area contributed by atoms with Crippen molar-refractivity contribution in [1.82, 2.24) is 0 Å². The Balaban J connectivity index is 1.57. The first-order chi connectivity index (χ1) is 9.33. The van der Waals surface area contributed by atoms with Crippen LogP contribution in [0.15, 0.2) is 54.6 Å². The third-order valence-electron chi connectivity index (χ3n) is 3.83. The van der Waals surface area contributed by atoms with E-state index in [1.807, 2.05) is 24.3 Å². The van der Waals surface area contributed by atoms with Gasteiger partial charge in [0.1, 0.15) is 0 Å². The largest absolute Gasteiger partial charge is 0.391 e.